The molecule has 1 heterocycles. The Morgan fingerprint density at radius 1 is 1.10 bits per heavy atom. The highest BCUT2D eigenvalue weighted by Crippen LogP contribution is 2.34. The SMILES string of the molecule is CCNCc1cc(OC)c(OC)cc1-c1ccccn1. The lowest BCUT2D eigenvalue weighted by Crippen LogP contribution is -2.13. The first-order chi connectivity index (χ1) is 9.80. The second-order valence-corrected chi connectivity index (χ2v) is 4.36. The van der Waals surface area contributed by atoms with Crippen molar-refractivity contribution in [2.75, 3.05) is 20.8 Å². The van der Waals surface area contributed by atoms with Gasteiger partial charge >= 0.3 is 0 Å². The summed E-state index contributed by atoms with van der Waals surface area (Å²) in [6, 6.07) is 9.88. The van der Waals surface area contributed by atoms with Gasteiger partial charge in [-0.15, -0.1) is 0 Å². The summed E-state index contributed by atoms with van der Waals surface area (Å²) in [5, 5.41) is 3.34. The fourth-order valence-electron chi connectivity index (χ4n) is 2.09. The van der Waals surface area contributed by atoms with E-state index in [0.717, 1.165) is 35.7 Å². The summed E-state index contributed by atoms with van der Waals surface area (Å²) in [4.78, 5) is 4.42. The Hall–Kier alpha value is -2.07. The number of methoxy groups -OCH3 is 2. The lowest BCUT2D eigenvalue weighted by Gasteiger charge is -2.15. The zero-order valence-electron chi connectivity index (χ0n) is 12.1. The van der Waals surface area contributed by atoms with Gasteiger partial charge in [-0.3, -0.25) is 4.98 Å². The van der Waals surface area contributed by atoms with Gasteiger partial charge in [0.2, 0.25) is 0 Å². The lowest BCUT2D eigenvalue weighted by molar-refractivity contribution is 0.354. The fourth-order valence-corrected chi connectivity index (χ4v) is 2.09. The molecule has 0 fully saturated rings. The van der Waals surface area contributed by atoms with E-state index >= 15 is 0 Å². The van der Waals surface area contributed by atoms with Crippen molar-refractivity contribution in [1.29, 1.82) is 0 Å². The maximum Gasteiger partial charge on any atom is 0.161 e. The van der Waals surface area contributed by atoms with Crippen LogP contribution in [0.25, 0.3) is 11.3 Å². The number of ether oxygens (including phenoxy) is 2. The third-order valence-electron chi connectivity index (χ3n) is 3.12. The molecule has 4 heteroatoms. The highest BCUT2D eigenvalue weighted by atomic mass is 16.5. The van der Waals surface area contributed by atoms with E-state index in [1.165, 1.54) is 0 Å². The van der Waals surface area contributed by atoms with Crippen molar-refractivity contribution in [3.8, 4) is 22.8 Å². The first-order valence-electron chi connectivity index (χ1n) is 6.67. The van der Waals surface area contributed by atoms with E-state index < -0.39 is 0 Å². The van der Waals surface area contributed by atoms with Crippen LogP contribution in [0.3, 0.4) is 0 Å². The summed E-state index contributed by atoms with van der Waals surface area (Å²) in [7, 11) is 3.29. The molecule has 0 atom stereocenters. The zero-order chi connectivity index (χ0) is 14.4. The van der Waals surface area contributed by atoms with E-state index in [-0.39, 0.29) is 0 Å². The molecule has 0 radical (unpaired) electrons. The predicted molar refractivity (Wildman–Crippen MR) is 80.2 cm³/mol. The van der Waals surface area contributed by atoms with E-state index in [1.807, 2.05) is 30.3 Å². The molecule has 0 bridgehead atoms. The molecule has 0 aliphatic carbocycles. The second-order valence-electron chi connectivity index (χ2n) is 4.36. The number of nitrogens with one attached hydrogen (secondary N) is 1. The van der Waals surface area contributed by atoms with Crippen molar-refractivity contribution in [2.24, 2.45) is 0 Å². The van der Waals surface area contributed by atoms with Gasteiger partial charge in [0, 0.05) is 18.3 Å². The molecular formula is C16H20N2O2. The summed E-state index contributed by atoms with van der Waals surface area (Å²) in [5.41, 5.74) is 3.13. The highest BCUT2D eigenvalue weighted by Gasteiger charge is 2.13. The van der Waals surface area contributed by atoms with Crippen LogP contribution in [-0.2, 0) is 6.54 Å². The number of hydrogen-bond acceptors (Lipinski definition) is 4. The monoisotopic (exact) mass is 272 g/mol. The van der Waals surface area contributed by atoms with Gasteiger partial charge in [0.25, 0.3) is 0 Å². The van der Waals surface area contributed by atoms with Gasteiger partial charge in [0.15, 0.2) is 11.5 Å². The molecule has 2 aromatic rings. The Bertz CT molecular complexity index is 556. The average molecular weight is 272 g/mol. The number of aromatic nitrogens is 1. The molecule has 20 heavy (non-hydrogen) atoms. The summed E-state index contributed by atoms with van der Waals surface area (Å²) >= 11 is 0. The smallest absolute Gasteiger partial charge is 0.161 e. The molecule has 0 saturated heterocycles. The molecule has 0 amide bonds. The van der Waals surface area contributed by atoms with Crippen LogP contribution in [0.15, 0.2) is 36.5 Å². The quantitative estimate of drug-likeness (QED) is 0.878. The first kappa shape index (κ1) is 14.3. The van der Waals surface area contributed by atoms with Crippen molar-refractivity contribution in [2.45, 2.75) is 13.5 Å². The topological polar surface area (TPSA) is 43.4 Å². The molecule has 0 unspecified atom stereocenters. The minimum absolute atomic E-state index is 0.716. The summed E-state index contributed by atoms with van der Waals surface area (Å²) < 4.78 is 10.8. The average Bonchev–Trinajstić information content (AvgIpc) is 2.52. The molecule has 0 saturated carbocycles. The molecular weight excluding hydrogens is 252 g/mol. The van der Waals surface area contributed by atoms with Crippen molar-refractivity contribution < 1.29 is 9.47 Å². The van der Waals surface area contributed by atoms with E-state index in [0.29, 0.717) is 5.75 Å². The predicted octanol–water partition coefficient (Wildman–Crippen LogP) is 2.88. The van der Waals surface area contributed by atoms with Gasteiger partial charge in [0.1, 0.15) is 0 Å². The Balaban J connectivity index is 2.51. The van der Waals surface area contributed by atoms with Gasteiger partial charge in [-0.2, -0.15) is 0 Å². The molecule has 1 N–H and O–H groups in total. The fraction of sp³-hybridized carbons (Fsp3) is 0.312. The van der Waals surface area contributed by atoms with Gasteiger partial charge in [-0.05, 0) is 36.4 Å². The van der Waals surface area contributed by atoms with Crippen LogP contribution in [0, 0.1) is 0 Å². The normalized spacial score (nSPS) is 10.3. The molecule has 0 aliphatic heterocycles. The lowest BCUT2D eigenvalue weighted by atomic mass is 10.0. The van der Waals surface area contributed by atoms with Gasteiger partial charge in [-0.25, -0.2) is 0 Å². The maximum absolute atomic E-state index is 5.38. The van der Waals surface area contributed by atoms with Crippen LogP contribution in [0.4, 0.5) is 0 Å². The Kier molecular flexibility index (Phi) is 4.96. The molecule has 4 nitrogen and oxygen atoms in total. The number of rotatable bonds is 6. The van der Waals surface area contributed by atoms with Gasteiger partial charge < -0.3 is 14.8 Å². The van der Waals surface area contributed by atoms with Crippen LogP contribution in [-0.4, -0.2) is 25.7 Å². The van der Waals surface area contributed by atoms with E-state index in [1.54, 1.807) is 20.4 Å². The standard InChI is InChI=1S/C16H20N2O2/c1-4-17-11-12-9-15(19-2)16(20-3)10-13(12)14-7-5-6-8-18-14/h5-10,17H,4,11H2,1-3H3. The molecule has 0 aliphatic rings. The van der Waals surface area contributed by atoms with Crippen LogP contribution in [0.1, 0.15) is 12.5 Å². The largest absolute Gasteiger partial charge is 0.493 e. The van der Waals surface area contributed by atoms with Gasteiger partial charge in [-0.1, -0.05) is 13.0 Å². The van der Waals surface area contributed by atoms with E-state index in [9.17, 15) is 0 Å². The van der Waals surface area contributed by atoms with E-state index in [2.05, 4.69) is 17.2 Å². The van der Waals surface area contributed by atoms with Crippen molar-refractivity contribution >= 4 is 0 Å². The number of nitrogens with zero attached hydrogens (tertiary/aromatic N) is 1. The summed E-state index contributed by atoms with van der Waals surface area (Å²) in [6.07, 6.45) is 1.79. The molecule has 0 spiro atoms. The van der Waals surface area contributed by atoms with Crippen molar-refractivity contribution in [3.63, 3.8) is 0 Å². The van der Waals surface area contributed by atoms with Crippen LogP contribution < -0.4 is 14.8 Å². The second kappa shape index (κ2) is 6.91. The van der Waals surface area contributed by atoms with E-state index in [4.69, 9.17) is 9.47 Å². The molecule has 106 valence electrons. The molecule has 2 rings (SSSR count). The summed E-state index contributed by atoms with van der Waals surface area (Å²) in [5.74, 6) is 1.45. The van der Waals surface area contributed by atoms with Crippen LogP contribution in [0.2, 0.25) is 0 Å². The van der Waals surface area contributed by atoms with Gasteiger partial charge in [0.05, 0.1) is 19.9 Å². The van der Waals surface area contributed by atoms with Crippen LogP contribution in [0.5, 0.6) is 11.5 Å². The third kappa shape index (κ3) is 3.08. The minimum atomic E-state index is 0.716. The first-order valence-corrected chi connectivity index (χ1v) is 6.67. The summed E-state index contributed by atoms with van der Waals surface area (Å²) in [6.45, 7) is 3.76. The Morgan fingerprint density at radius 3 is 2.45 bits per heavy atom. The Morgan fingerprint density at radius 2 is 1.85 bits per heavy atom. The minimum Gasteiger partial charge on any atom is -0.493 e. The number of benzene rings is 1. The highest BCUT2D eigenvalue weighted by molar-refractivity contribution is 5.68. The molecule has 1 aromatic carbocycles. The third-order valence-corrected chi connectivity index (χ3v) is 3.12. The van der Waals surface area contributed by atoms with Crippen molar-refractivity contribution in [3.05, 3.63) is 42.1 Å². The van der Waals surface area contributed by atoms with Crippen molar-refractivity contribution in [1.82, 2.24) is 10.3 Å². The number of pyridine rings is 1. The Labute approximate surface area is 119 Å². The molecule has 1 aromatic heterocycles. The van der Waals surface area contributed by atoms with Crippen LogP contribution >= 0.6 is 0 Å². The number of hydrogen-bond donors (Lipinski definition) is 1. The maximum atomic E-state index is 5.38. The zero-order valence-corrected chi connectivity index (χ0v) is 12.1.